The Hall–Kier alpha value is -3.39. The van der Waals surface area contributed by atoms with Crippen molar-refractivity contribution in [2.24, 2.45) is 0 Å². The molecule has 8 nitrogen and oxygen atoms in total. The van der Waals surface area contributed by atoms with Gasteiger partial charge in [-0.3, -0.25) is 15.2 Å². The van der Waals surface area contributed by atoms with Crippen LogP contribution in [0.25, 0.3) is 0 Å². The molecule has 0 aliphatic carbocycles. The number of hydrogen-bond acceptors (Lipinski definition) is 5. The molecule has 0 unspecified atom stereocenters. The SMILES string of the molecule is CN(C)CC(=O)NN(c1ccccc1)c1ccccc1.O=C(O)C(=O)O. The molecule has 2 aromatic carbocycles. The maximum Gasteiger partial charge on any atom is 0.414 e. The number of nitrogens with one attached hydrogen (secondary N) is 1. The van der Waals surface area contributed by atoms with Gasteiger partial charge in [-0.25, -0.2) is 9.59 Å². The number of aliphatic carboxylic acids is 2. The van der Waals surface area contributed by atoms with E-state index in [4.69, 9.17) is 19.8 Å². The first-order valence-corrected chi connectivity index (χ1v) is 7.62. The van der Waals surface area contributed by atoms with Crippen molar-refractivity contribution in [2.45, 2.75) is 0 Å². The number of carboxylic acids is 2. The number of benzene rings is 2. The second kappa shape index (κ2) is 10.5. The molecule has 0 aromatic heterocycles. The zero-order valence-corrected chi connectivity index (χ0v) is 14.5. The number of carboxylic acid groups (broad SMARTS) is 2. The van der Waals surface area contributed by atoms with Crippen LogP contribution in [0, 0.1) is 0 Å². The highest BCUT2D eigenvalue weighted by molar-refractivity contribution is 6.27. The molecule has 0 saturated heterocycles. The Morgan fingerprint density at radius 3 is 1.50 bits per heavy atom. The first-order valence-electron chi connectivity index (χ1n) is 7.62. The molecule has 138 valence electrons. The predicted molar refractivity (Wildman–Crippen MR) is 97.0 cm³/mol. The number of para-hydroxylation sites is 2. The van der Waals surface area contributed by atoms with Crippen LogP contribution >= 0.6 is 0 Å². The molecule has 0 fully saturated rings. The van der Waals surface area contributed by atoms with Gasteiger partial charge in [-0.2, -0.15) is 0 Å². The summed E-state index contributed by atoms with van der Waals surface area (Å²) >= 11 is 0. The molecule has 0 atom stereocenters. The summed E-state index contributed by atoms with van der Waals surface area (Å²) in [6.45, 7) is 0.343. The lowest BCUT2D eigenvalue weighted by molar-refractivity contribution is -0.159. The molecule has 0 radical (unpaired) electrons. The maximum absolute atomic E-state index is 12.0. The number of likely N-dealkylation sites (N-methyl/N-ethyl adjacent to an activating group) is 1. The number of hydrazine groups is 1. The van der Waals surface area contributed by atoms with Gasteiger partial charge in [-0.15, -0.1) is 0 Å². The molecular weight excluding hydrogens is 338 g/mol. The van der Waals surface area contributed by atoms with Gasteiger partial charge in [0.15, 0.2) is 0 Å². The van der Waals surface area contributed by atoms with E-state index in [1.165, 1.54) is 0 Å². The normalized spacial score (nSPS) is 9.65. The molecule has 8 heteroatoms. The number of amides is 1. The van der Waals surface area contributed by atoms with E-state index in [0.29, 0.717) is 6.54 Å². The molecule has 0 spiro atoms. The van der Waals surface area contributed by atoms with Gasteiger partial charge in [0.05, 0.1) is 17.9 Å². The molecule has 0 saturated carbocycles. The van der Waals surface area contributed by atoms with E-state index in [2.05, 4.69) is 5.43 Å². The van der Waals surface area contributed by atoms with Crippen molar-refractivity contribution in [1.29, 1.82) is 0 Å². The van der Waals surface area contributed by atoms with Crippen molar-refractivity contribution < 1.29 is 24.6 Å². The van der Waals surface area contributed by atoms with Crippen LogP contribution in [-0.2, 0) is 14.4 Å². The second-order valence-electron chi connectivity index (χ2n) is 5.39. The summed E-state index contributed by atoms with van der Waals surface area (Å²) < 4.78 is 0. The molecule has 0 bridgehead atoms. The third-order valence-corrected chi connectivity index (χ3v) is 2.91. The molecule has 0 heterocycles. The van der Waals surface area contributed by atoms with Crippen molar-refractivity contribution in [3.63, 3.8) is 0 Å². The average molecular weight is 359 g/mol. The van der Waals surface area contributed by atoms with E-state index < -0.39 is 11.9 Å². The highest BCUT2D eigenvalue weighted by Crippen LogP contribution is 2.22. The zero-order chi connectivity index (χ0) is 19.5. The summed E-state index contributed by atoms with van der Waals surface area (Å²) in [6, 6.07) is 19.5. The largest absolute Gasteiger partial charge is 0.473 e. The van der Waals surface area contributed by atoms with Gasteiger partial charge in [-0.1, -0.05) is 36.4 Å². The second-order valence-corrected chi connectivity index (χ2v) is 5.39. The monoisotopic (exact) mass is 359 g/mol. The van der Waals surface area contributed by atoms with Crippen LogP contribution in [0.5, 0.6) is 0 Å². The van der Waals surface area contributed by atoms with Crippen molar-refractivity contribution in [1.82, 2.24) is 10.3 Å². The molecule has 2 aromatic rings. The van der Waals surface area contributed by atoms with Gasteiger partial charge in [0.1, 0.15) is 0 Å². The summed E-state index contributed by atoms with van der Waals surface area (Å²) in [4.78, 5) is 32.1. The molecule has 3 N–H and O–H groups in total. The fourth-order valence-corrected chi connectivity index (χ4v) is 1.88. The van der Waals surface area contributed by atoms with Crippen LogP contribution in [0.15, 0.2) is 60.7 Å². The van der Waals surface area contributed by atoms with Crippen LogP contribution in [0.3, 0.4) is 0 Å². The Bertz CT molecular complexity index is 669. The summed E-state index contributed by atoms with van der Waals surface area (Å²) in [5.74, 6) is -3.70. The number of anilines is 2. The number of rotatable bonds is 5. The van der Waals surface area contributed by atoms with E-state index >= 15 is 0 Å². The Labute approximate surface area is 151 Å². The Morgan fingerprint density at radius 1 is 0.808 bits per heavy atom. The minimum absolute atomic E-state index is 0.0530. The lowest BCUT2D eigenvalue weighted by Crippen LogP contribution is -2.43. The van der Waals surface area contributed by atoms with Crippen LogP contribution in [0.4, 0.5) is 11.4 Å². The predicted octanol–water partition coefficient (Wildman–Crippen LogP) is 1.57. The number of hydrogen-bond donors (Lipinski definition) is 3. The van der Waals surface area contributed by atoms with Crippen molar-refractivity contribution >= 4 is 29.2 Å². The van der Waals surface area contributed by atoms with E-state index in [1.807, 2.05) is 79.7 Å². The Kier molecular flexibility index (Phi) is 8.32. The van der Waals surface area contributed by atoms with E-state index in [0.717, 1.165) is 11.4 Å². The minimum atomic E-state index is -1.82. The molecule has 26 heavy (non-hydrogen) atoms. The van der Waals surface area contributed by atoms with Gasteiger partial charge in [0.25, 0.3) is 5.91 Å². The molecule has 0 aliphatic heterocycles. The summed E-state index contributed by atoms with van der Waals surface area (Å²) in [7, 11) is 3.74. The van der Waals surface area contributed by atoms with Gasteiger partial charge >= 0.3 is 11.9 Å². The van der Waals surface area contributed by atoms with E-state index in [9.17, 15) is 4.79 Å². The maximum atomic E-state index is 12.0. The van der Waals surface area contributed by atoms with E-state index in [1.54, 1.807) is 5.01 Å². The molecule has 1 amide bonds. The van der Waals surface area contributed by atoms with Gasteiger partial charge < -0.3 is 15.1 Å². The highest BCUT2D eigenvalue weighted by atomic mass is 16.4. The molecule has 2 rings (SSSR count). The molecular formula is C18H21N3O5. The van der Waals surface area contributed by atoms with Crippen molar-refractivity contribution in [3.05, 3.63) is 60.7 Å². The Balaban J connectivity index is 0.000000487. The fourth-order valence-electron chi connectivity index (χ4n) is 1.88. The first-order chi connectivity index (χ1) is 12.3. The van der Waals surface area contributed by atoms with E-state index in [-0.39, 0.29) is 5.91 Å². The lowest BCUT2D eigenvalue weighted by atomic mass is 10.2. The topological polar surface area (TPSA) is 110 Å². The molecule has 0 aliphatic rings. The standard InChI is InChI=1S/C16H19N3O.C2H2O4/c1-18(2)13-16(20)17-19(14-9-5-3-6-10-14)15-11-7-4-8-12-15;3-1(4)2(5)6/h3-12H,13H2,1-2H3,(H,17,20);(H,3,4)(H,5,6). The lowest BCUT2D eigenvalue weighted by Gasteiger charge is -2.26. The number of carbonyl (C=O) groups excluding carboxylic acids is 1. The van der Waals surface area contributed by atoms with Crippen LogP contribution in [-0.4, -0.2) is 53.6 Å². The number of carbonyl (C=O) groups is 3. The quantitative estimate of drug-likeness (QED) is 0.549. The Morgan fingerprint density at radius 2 is 1.19 bits per heavy atom. The van der Waals surface area contributed by atoms with Crippen molar-refractivity contribution in [2.75, 3.05) is 25.6 Å². The third-order valence-electron chi connectivity index (χ3n) is 2.91. The zero-order valence-electron chi connectivity index (χ0n) is 14.5. The van der Waals surface area contributed by atoms with Gasteiger partial charge in [0.2, 0.25) is 0 Å². The summed E-state index contributed by atoms with van der Waals surface area (Å²) in [6.07, 6.45) is 0. The minimum Gasteiger partial charge on any atom is -0.473 e. The van der Waals surface area contributed by atoms with Gasteiger partial charge in [-0.05, 0) is 38.4 Å². The number of nitrogens with zero attached hydrogens (tertiary/aromatic N) is 2. The summed E-state index contributed by atoms with van der Waals surface area (Å²) in [5.41, 5.74) is 4.78. The van der Waals surface area contributed by atoms with Crippen molar-refractivity contribution in [3.8, 4) is 0 Å². The van der Waals surface area contributed by atoms with Gasteiger partial charge in [0, 0.05) is 0 Å². The first kappa shape index (κ1) is 20.7. The third kappa shape index (κ3) is 7.45. The van der Waals surface area contributed by atoms with Crippen LogP contribution in [0.2, 0.25) is 0 Å². The highest BCUT2D eigenvalue weighted by Gasteiger charge is 2.12. The van der Waals surface area contributed by atoms with Crippen LogP contribution in [0.1, 0.15) is 0 Å². The smallest absolute Gasteiger partial charge is 0.414 e. The summed E-state index contributed by atoms with van der Waals surface area (Å²) in [5, 5.41) is 16.6. The van der Waals surface area contributed by atoms with Crippen LogP contribution < -0.4 is 10.4 Å². The fraction of sp³-hybridized carbons (Fsp3) is 0.167. The average Bonchev–Trinajstić information content (AvgIpc) is 2.61.